The molecular weight excluding hydrogens is 404 g/mol. The first-order valence-electron chi connectivity index (χ1n) is 9.23. The maximum Gasteiger partial charge on any atom is 0.230 e. The van der Waals surface area contributed by atoms with Crippen molar-refractivity contribution in [2.24, 2.45) is 0 Å². The van der Waals surface area contributed by atoms with E-state index in [1.807, 2.05) is 25.1 Å². The number of carbonyl (C=O) groups is 2. The number of rotatable bonds is 6. The standard InChI is InChI=1S/C22H25BrN2O2/c1-14-10-15(2)12-17(11-14)22(7-8-22)21(27)24-9-6-20(26)25-19-13-18(23)5-4-16(19)3/h4-5,10-13H,6-9H2,1-3H3,(H,24,27)(H,25,26). The third kappa shape index (κ3) is 4.59. The topological polar surface area (TPSA) is 58.2 Å². The second-order valence-electron chi connectivity index (χ2n) is 7.47. The molecule has 1 saturated carbocycles. The van der Waals surface area contributed by atoms with Crippen molar-refractivity contribution in [2.45, 2.75) is 45.4 Å². The fraction of sp³-hybridized carbons (Fsp3) is 0.364. The van der Waals surface area contributed by atoms with Crippen LogP contribution < -0.4 is 10.6 Å². The van der Waals surface area contributed by atoms with Crippen molar-refractivity contribution in [3.05, 3.63) is 63.1 Å². The summed E-state index contributed by atoms with van der Waals surface area (Å²) in [5.41, 5.74) is 4.82. The van der Waals surface area contributed by atoms with Crippen LogP contribution in [0.4, 0.5) is 5.69 Å². The zero-order valence-corrected chi connectivity index (χ0v) is 17.6. The van der Waals surface area contributed by atoms with Crippen LogP contribution in [0.2, 0.25) is 0 Å². The SMILES string of the molecule is Cc1cc(C)cc(C2(C(=O)NCCC(=O)Nc3cc(Br)ccc3C)CC2)c1. The number of aryl methyl sites for hydroxylation is 3. The molecule has 0 heterocycles. The van der Waals surface area contributed by atoms with Gasteiger partial charge in [-0.3, -0.25) is 9.59 Å². The monoisotopic (exact) mass is 428 g/mol. The van der Waals surface area contributed by atoms with Gasteiger partial charge in [-0.15, -0.1) is 0 Å². The van der Waals surface area contributed by atoms with Gasteiger partial charge >= 0.3 is 0 Å². The summed E-state index contributed by atoms with van der Waals surface area (Å²) in [5, 5.41) is 5.86. The molecule has 0 spiro atoms. The smallest absolute Gasteiger partial charge is 0.230 e. The number of nitrogens with one attached hydrogen (secondary N) is 2. The summed E-state index contributed by atoms with van der Waals surface area (Å²) in [6.45, 7) is 6.40. The van der Waals surface area contributed by atoms with Gasteiger partial charge in [-0.05, 0) is 56.9 Å². The zero-order valence-electron chi connectivity index (χ0n) is 16.0. The Balaban J connectivity index is 1.55. The molecule has 2 aromatic rings. The number of hydrogen-bond acceptors (Lipinski definition) is 2. The molecule has 0 aromatic heterocycles. The molecule has 1 aliphatic carbocycles. The van der Waals surface area contributed by atoms with E-state index < -0.39 is 5.41 Å². The van der Waals surface area contributed by atoms with Crippen LogP contribution in [0, 0.1) is 20.8 Å². The minimum absolute atomic E-state index is 0.0268. The van der Waals surface area contributed by atoms with Crippen LogP contribution in [0.5, 0.6) is 0 Å². The molecule has 0 radical (unpaired) electrons. The second kappa shape index (κ2) is 7.85. The van der Waals surface area contributed by atoms with Gasteiger partial charge in [0, 0.05) is 23.1 Å². The molecule has 0 bridgehead atoms. The lowest BCUT2D eigenvalue weighted by Crippen LogP contribution is -2.36. The Kier molecular flexibility index (Phi) is 5.70. The summed E-state index contributed by atoms with van der Waals surface area (Å²) in [4.78, 5) is 24.9. The van der Waals surface area contributed by atoms with E-state index in [0.717, 1.165) is 34.1 Å². The van der Waals surface area contributed by atoms with Gasteiger partial charge in [0.05, 0.1) is 5.41 Å². The van der Waals surface area contributed by atoms with Crippen LogP contribution in [0.15, 0.2) is 40.9 Å². The molecule has 1 fully saturated rings. The molecule has 1 aliphatic rings. The van der Waals surface area contributed by atoms with Crippen molar-refractivity contribution in [1.29, 1.82) is 0 Å². The van der Waals surface area contributed by atoms with E-state index in [2.05, 4.69) is 58.6 Å². The number of hydrogen-bond donors (Lipinski definition) is 2. The van der Waals surface area contributed by atoms with Crippen molar-refractivity contribution >= 4 is 33.4 Å². The Bertz CT molecular complexity index is 868. The molecule has 0 unspecified atom stereocenters. The molecule has 0 aliphatic heterocycles. The minimum Gasteiger partial charge on any atom is -0.355 e. The quantitative estimate of drug-likeness (QED) is 0.708. The molecule has 0 saturated heterocycles. The van der Waals surface area contributed by atoms with Crippen molar-refractivity contribution < 1.29 is 9.59 Å². The maximum atomic E-state index is 12.7. The molecule has 2 amide bonds. The second-order valence-corrected chi connectivity index (χ2v) is 8.39. The first-order chi connectivity index (χ1) is 12.8. The van der Waals surface area contributed by atoms with E-state index in [9.17, 15) is 9.59 Å². The van der Waals surface area contributed by atoms with Gasteiger partial charge in [0.2, 0.25) is 11.8 Å². The van der Waals surface area contributed by atoms with E-state index in [4.69, 9.17) is 0 Å². The van der Waals surface area contributed by atoms with E-state index in [1.54, 1.807) is 0 Å². The highest BCUT2D eigenvalue weighted by Gasteiger charge is 2.51. The maximum absolute atomic E-state index is 12.7. The lowest BCUT2D eigenvalue weighted by atomic mass is 9.92. The molecule has 0 atom stereocenters. The van der Waals surface area contributed by atoms with Gasteiger partial charge in [-0.1, -0.05) is 51.3 Å². The van der Waals surface area contributed by atoms with Crippen LogP contribution >= 0.6 is 15.9 Å². The Labute approximate surface area is 168 Å². The number of carbonyl (C=O) groups excluding carboxylic acids is 2. The van der Waals surface area contributed by atoms with Gasteiger partial charge < -0.3 is 10.6 Å². The predicted octanol–water partition coefficient (Wildman–Crippen LogP) is 4.55. The fourth-order valence-corrected chi connectivity index (χ4v) is 3.78. The Hall–Kier alpha value is -2.14. The van der Waals surface area contributed by atoms with E-state index in [0.29, 0.717) is 6.54 Å². The third-order valence-corrected chi connectivity index (χ3v) is 5.56. The number of amides is 2. The Morgan fingerprint density at radius 3 is 2.33 bits per heavy atom. The zero-order chi connectivity index (χ0) is 19.6. The number of benzene rings is 2. The van der Waals surface area contributed by atoms with Crippen LogP contribution in [0.1, 0.15) is 41.5 Å². The van der Waals surface area contributed by atoms with Gasteiger partial charge in [-0.2, -0.15) is 0 Å². The Morgan fingerprint density at radius 2 is 1.70 bits per heavy atom. The molecule has 5 heteroatoms. The van der Waals surface area contributed by atoms with E-state index in [1.165, 1.54) is 11.1 Å². The molecular formula is C22H25BrN2O2. The summed E-state index contributed by atoms with van der Waals surface area (Å²) in [5.74, 6) is -0.0771. The molecule has 2 aromatic carbocycles. The van der Waals surface area contributed by atoms with Crippen molar-refractivity contribution in [3.8, 4) is 0 Å². The number of halogens is 1. The summed E-state index contributed by atoms with van der Waals surface area (Å²) in [7, 11) is 0. The lowest BCUT2D eigenvalue weighted by Gasteiger charge is -2.17. The van der Waals surface area contributed by atoms with Crippen LogP contribution in [0.3, 0.4) is 0 Å². The predicted molar refractivity (Wildman–Crippen MR) is 112 cm³/mol. The largest absolute Gasteiger partial charge is 0.355 e. The summed E-state index contributed by atoms with van der Waals surface area (Å²) < 4.78 is 0.917. The highest BCUT2D eigenvalue weighted by atomic mass is 79.9. The first kappa shape index (κ1) is 19.6. The van der Waals surface area contributed by atoms with Crippen LogP contribution in [0.25, 0.3) is 0 Å². The summed E-state index contributed by atoms with van der Waals surface area (Å²) in [6.07, 6.45) is 1.98. The normalized spacial score (nSPS) is 14.5. The van der Waals surface area contributed by atoms with Gasteiger partial charge in [0.25, 0.3) is 0 Å². The van der Waals surface area contributed by atoms with Crippen molar-refractivity contribution in [2.75, 3.05) is 11.9 Å². The molecule has 27 heavy (non-hydrogen) atoms. The van der Waals surface area contributed by atoms with Crippen molar-refractivity contribution in [3.63, 3.8) is 0 Å². The average molecular weight is 429 g/mol. The van der Waals surface area contributed by atoms with E-state index >= 15 is 0 Å². The van der Waals surface area contributed by atoms with Gasteiger partial charge in [-0.25, -0.2) is 0 Å². The molecule has 3 rings (SSSR count). The fourth-order valence-electron chi connectivity index (χ4n) is 3.42. The molecule has 2 N–H and O–H groups in total. The summed E-state index contributed by atoms with van der Waals surface area (Å²) in [6, 6.07) is 12.1. The average Bonchev–Trinajstić information content (AvgIpc) is 3.39. The lowest BCUT2D eigenvalue weighted by molar-refractivity contribution is -0.123. The highest BCUT2D eigenvalue weighted by molar-refractivity contribution is 9.10. The molecule has 4 nitrogen and oxygen atoms in total. The number of anilines is 1. The first-order valence-corrected chi connectivity index (χ1v) is 10.0. The van der Waals surface area contributed by atoms with Crippen LogP contribution in [-0.2, 0) is 15.0 Å². The van der Waals surface area contributed by atoms with Gasteiger partial charge in [0.15, 0.2) is 0 Å². The third-order valence-electron chi connectivity index (χ3n) is 5.07. The van der Waals surface area contributed by atoms with Crippen LogP contribution in [-0.4, -0.2) is 18.4 Å². The highest BCUT2D eigenvalue weighted by Crippen LogP contribution is 2.48. The van der Waals surface area contributed by atoms with Gasteiger partial charge in [0.1, 0.15) is 0 Å². The minimum atomic E-state index is -0.409. The Morgan fingerprint density at radius 1 is 1.04 bits per heavy atom. The molecule has 142 valence electrons. The van der Waals surface area contributed by atoms with E-state index in [-0.39, 0.29) is 18.2 Å². The van der Waals surface area contributed by atoms with Crippen molar-refractivity contribution in [1.82, 2.24) is 5.32 Å². The summed E-state index contributed by atoms with van der Waals surface area (Å²) >= 11 is 3.41.